The van der Waals surface area contributed by atoms with Gasteiger partial charge >= 0.3 is 0 Å². The number of pyridine rings is 1. The van der Waals surface area contributed by atoms with Gasteiger partial charge in [-0.3, -0.25) is 0 Å². The third-order valence-electron chi connectivity index (χ3n) is 4.91. The van der Waals surface area contributed by atoms with Crippen molar-refractivity contribution in [2.24, 2.45) is 11.8 Å². The van der Waals surface area contributed by atoms with Gasteiger partial charge in [-0.2, -0.15) is 0 Å². The number of nitrogens with zero attached hydrogens (tertiary/aromatic N) is 2. The molecule has 3 nitrogen and oxygen atoms in total. The summed E-state index contributed by atoms with van der Waals surface area (Å²) in [6.07, 6.45) is 6.02. The van der Waals surface area contributed by atoms with E-state index in [0.29, 0.717) is 0 Å². The minimum absolute atomic E-state index is 0.763. The molecule has 0 bridgehead atoms. The zero-order valence-corrected chi connectivity index (χ0v) is 13.0. The molecular weight excluding hydrogens is 246 g/mol. The van der Waals surface area contributed by atoms with Crippen LogP contribution in [0.2, 0.25) is 0 Å². The molecule has 20 heavy (non-hydrogen) atoms. The lowest BCUT2D eigenvalue weighted by Gasteiger charge is -2.36. The van der Waals surface area contributed by atoms with Crippen LogP contribution in [0.15, 0.2) is 12.3 Å². The summed E-state index contributed by atoms with van der Waals surface area (Å²) in [5.74, 6) is 2.80. The SMILES string of the molecule is Cc1cc(CNC2CC2)cnc1N1CCC(C)C(C)C1. The summed E-state index contributed by atoms with van der Waals surface area (Å²) in [7, 11) is 0. The van der Waals surface area contributed by atoms with Crippen LogP contribution in [-0.2, 0) is 6.54 Å². The van der Waals surface area contributed by atoms with Gasteiger partial charge in [-0.15, -0.1) is 0 Å². The van der Waals surface area contributed by atoms with Gasteiger partial charge in [0.1, 0.15) is 5.82 Å². The standard InChI is InChI=1S/C17H27N3/c1-12-6-7-20(11-14(12)3)17-13(2)8-15(10-19-17)9-18-16-4-5-16/h8,10,12,14,16,18H,4-7,9,11H2,1-3H3. The highest BCUT2D eigenvalue weighted by atomic mass is 15.2. The summed E-state index contributed by atoms with van der Waals surface area (Å²) in [5, 5.41) is 3.56. The normalized spacial score (nSPS) is 26.9. The number of rotatable bonds is 4. The van der Waals surface area contributed by atoms with Crippen LogP contribution in [-0.4, -0.2) is 24.1 Å². The maximum Gasteiger partial charge on any atom is 0.131 e. The van der Waals surface area contributed by atoms with Gasteiger partial charge in [0.2, 0.25) is 0 Å². The molecule has 3 rings (SSSR count). The van der Waals surface area contributed by atoms with Crippen LogP contribution in [0.4, 0.5) is 5.82 Å². The van der Waals surface area contributed by atoms with Crippen molar-refractivity contribution in [3.05, 3.63) is 23.4 Å². The Hall–Kier alpha value is -1.09. The van der Waals surface area contributed by atoms with Gasteiger partial charge in [-0.1, -0.05) is 13.8 Å². The molecule has 1 saturated heterocycles. The van der Waals surface area contributed by atoms with E-state index in [0.717, 1.165) is 37.5 Å². The molecule has 0 aromatic carbocycles. The molecule has 110 valence electrons. The molecule has 2 atom stereocenters. The lowest BCUT2D eigenvalue weighted by molar-refractivity contribution is 0.322. The van der Waals surface area contributed by atoms with Crippen LogP contribution >= 0.6 is 0 Å². The number of aryl methyl sites for hydroxylation is 1. The number of nitrogens with one attached hydrogen (secondary N) is 1. The molecule has 1 aliphatic carbocycles. The van der Waals surface area contributed by atoms with Crippen LogP contribution in [0.3, 0.4) is 0 Å². The largest absolute Gasteiger partial charge is 0.356 e. The molecule has 0 spiro atoms. The molecule has 2 heterocycles. The highest BCUT2D eigenvalue weighted by molar-refractivity contribution is 5.47. The Bertz CT molecular complexity index is 467. The molecule has 0 amide bonds. The smallest absolute Gasteiger partial charge is 0.131 e. The Morgan fingerprint density at radius 2 is 2.05 bits per heavy atom. The molecule has 2 fully saturated rings. The van der Waals surface area contributed by atoms with Gasteiger partial charge in [0, 0.05) is 31.9 Å². The average Bonchev–Trinajstić information content (AvgIpc) is 3.24. The zero-order valence-electron chi connectivity index (χ0n) is 13.0. The van der Waals surface area contributed by atoms with Crippen molar-refractivity contribution in [3.63, 3.8) is 0 Å². The van der Waals surface area contributed by atoms with Crippen LogP contribution in [0.25, 0.3) is 0 Å². The zero-order chi connectivity index (χ0) is 14.1. The quantitative estimate of drug-likeness (QED) is 0.913. The topological polar surface area (TPSA) is 28.2 Å². The van der Waals surface area contributed by atoms with Crippen LogP contribution in [0, 0.1) is 18.8 Å². The molecule has 3 heteroatoms. The van der Waals surface area contributed by atoms with Crippen molar-refractivity contribution in [2.75, 3.05) is 18.0 Å². The Labute approximate surface area is 122 Å². The second-order valence-electron chi connectivity index (χ2n) is 6.83. The van der Waals surface area contributed by atoms with Crippen molar-refractivity contribution in [3.8, 4) is 0 Å². The molecule has 1 aromatic rings. The second-order valence-corrected chi connectivity index (χ2v) is 6.83. The third kappa shape index (κ3) is 3.14. The highest BCUT2D eigenvalue weighted by Gasteiger charge is 2.24. The monoisotopic (exact) mass is 273 g/mol. The van der Waals surface area contributed by atoms with E-state index >= 15 is 0 Å². The lowest BCUT2D eigenvalue weighted by Crippen LogP contribution is -2.39. The molecule has 1 N–H and O–H groups in total. The van der Waals surface area contributed by atoms with Crippen molar-refractivity contribution in [1.82, 2.24) is 10.3 Å². The number of hydrogen-bond acceptors (Lipinski definition) is 3. The summed E-state index contributed by atoms with van der Waals surface area (Å²) < 4.78 is 0. The molecule has 1 aliphatic heterocycles. The second kappa shape index (κ2) is 5.72. The number of piperidine rings is 1. The Balaban J connectivity index is 1.66. The van der Waals surface area contributed by atoms with Gasteiger partial charge < -0.3 is 10.2 Å². The summed E-state index contributed by atoms with van der Waals surface area (Å²) in [5.41, 5.74) is 2.64. The van der Waals surface area contributed by atoms with Crippen LogP contribution in [0.1, 0.15) is 44.2 Å². The van der Waals surface area contributed by atoms with E-state index < -0.39 is 0 Å². The van der Waals surface area contributed by atoms with E-state index in [1.807, 2.05) is 0 Å². The van der Waals surface area contributed by atoms with Gasteiger partial charge in [0.25, 0.3) is 0 Å². The van der Waals surface area contributed by atoms with Crippen molar-refractivity contribution in [1.29, 1.82) is 0 Å². The van der Waals surface area contributed by atoms with Crippen molar-refractivity contribution in [2.45, 2.75) is 52.6 Å². The molecule has 2 aliphatic rings. The molecule has 1 aromatic heterocycles. The summed E-state index contributed by atoms with van der Waals surface area (Å²) in [6, 6.07) is 3.07. The highest BCUT2D eigenvalue weighted by Crippen LogP contribution is 2.28. The number of hydrogen-bond donors (Lipinski definition) is 1. The fourth-order valence-electron chi connectivity index (χ4n) is 3.06. The number of anilines is 1. The van der Waals surface area contributed by atoms with Gasteiger partial charge in [0.05, 0.1) is 0 Å². The maximum atomic E-state index is 4.75. The van der Waals surface area contributed by atoms with E-state index in [9.17, 15) is 0 Å². The molecule has 0 radical (unpaired) electrons. The fourth-order valence-corrected chi connectivity index (χ4v) is 3.06. The summed E-state index contributed by atoms with van der Waals surface area (Å²) in [4.78, 5) is 7.22. The van der Waals surface area contributed by atoms with Gasteiger partial charge in [-0.05, 0) is 55.2 Å². The minimum Gasteiger partial charge on any atom is -0.356 e. The molecule has 1 saturated carbocycles. The third-order valence-corrected chi connectivity index (χ3v) is 4.91. The Morgan fingerprint density at radius 1 is 1.25 bits per heavy atom. The predicted molar refractivity (Wildman–Crippen MR) is 84.0 cm³/mol. The predicted octanol–water partition coefficient (Wildman–Crippen LogP) is 3.12. The van der Waals surface area contributed by atoms with E-state index in [2.05, 4.69) is 43.3 Å². The first-order valence-electron chi connectivity index (χ1n) is 8.07. The summed E-state index contributed by atoms with van der Waals surface area (Å²) >= 11 is 0. The first-order valence-corrected chi connectivity index (χ1v) is 8.07. The van der Waals surface area contributed by atoms with Gasteiger partial charge in [0.15, 0.2) is 0 Å². The molecule has 2 unspecified atom stereocenters. The van der Waals surface area contributed by atoms with E-state index in [4.69, 9.17) is 4.98 Å². The first-order chi connectivity index (χ1) is 9.63. The lowest BCUT2D eigenvalue weighted by atomic mass is 9.88. The van der Waals surface area contributed by atoms with Crippen LogP contribution < -0.4 is 10.2 Å². The van der Waals surface area contributed by atoms with E-state index in [-0.39, 0.29) is 0 Å². The Kier molecular flexibility index (Phi) is 3.97. The van der Waals surface area contributed by atoms with E-state index in [1.165, 1.54) is 36.2 Å². The van der Waals surface area contributed by atoms with Crippen LogP contribution in [0.5, 0.6) is 0 Å². The van der Waals surface area contributed by atoms with Crippen molar-refractivity contribution < 1.29 is 0 Å². The average molecular weight is 273 g/mol. The molecular formula is C17H27N3. The Morgan fingerprint density at radius 3 is 2.70 bits per heavy atom. The van der Waals surface area contributed by atoms with Crippen molar-refractivity contribution >= 4 is 5.82 Å². The first kappa shape index (κ1) is 13.9. The number of aromatic nitrogens is 1. The summed E-state index contributed by atoms with van der Waals surface area (Å²) in [6.45, 7) is 10.2. The fraction of sp³-hybridized carbons (Fsp3) is 0.706. The van der Waals surface area contributed by atoms with Gasteiger partial charge in [-0.25, -0.2) is 4.98 Å². The minimum atomic E-state index is 0.763. The van der Waals surface area contributed by atoms with E-state index in [1.54, 1.807) is 0 Å². The maximum absolute atomic E-state index is 4.75.